The van der Waals surface area contributed by atoms with Gasteiger partial charge < -0.3 is 14.6 Å². The van der Waals surface area contributed by atoms with Crippen LogP contribution in [-0.2, 0) is 32.6 Å². The minimum Gasteiger partial charge on any atom is -0.467 e. The van der Waals surface area contributed by atoms with Gasteiger partial charge in [0.25, 0.3) is 0 Å². The number of hydrogen-bond donors (Lipinski definition) is 1. The highest BCUT2D eigenvalue weighted by molar-refractivity contribution is 7.89. The molecule has 9 heteroatoms. The highest BCUT2D eigenvalue weighted by Gasteiger charge is 2.33. The molecule has 2 aromatic rings. The third kappa shape index (κ3) is 4.67. The normalized spacial score (nSPS) is 18.2. The molecule has 1 saturated heterocycles. The van der Waals surface area contributed by atoms with Crippen LogP contribution in [0, 0.1) is 5.92 Å². The number of hydrogen-bond acceptors (Lipinski definition) is 5. The molecule has 0 spiro atoms. The summed E-state index contributed by atoms with van der Waals surface area (Å²) in [6, 6.07) is 8.50. The van der Waals surface area contributed by atoms with Crippen molar-refractivity contribution in [1.82, 2.24) is 9.21 Å². The van der Waals surface area contributed by atoms with E-state index in [2.05, 4.69) is 5.32 Å². The average molecular weight is 446 g/mol. The van der Waals surface area contributed by atoms with Gasteiger partial charge in [-0.2, -0.15) is 4.31 Å². The van der Waals surface area contributed by atoms with Crippen molar-refractivity contribution in [2.24, 2.45) is 5.92 Å². The number of sulfonamides is 1. The van der Waals surface area contributed by atoms with E-state index in [1.165, 1.54) is 4.31 Å². The van der Waals surface area contributed by atoms with E-state index >= 15 is 0 Å². The molecular formula is C22H27N3O5S. The van der Waals surface area contributed by atoms with Crippen molar-refractivity contribution >= 4 is 27.5 Å². The molecule has 0 aliphatic carbocycles. The fraction of sp³-hybridized carbons (Fsp3) is 0.455. The number of nitrogens with one attached hydrogen (secondary N) is 1. The molecule has 2 aliphatic rings. The summed E-state index contributed by atoms with van der Waals surface area (Å²) in [6.07, 6.45) is 4.35. The van der Waals surface area contributed by atoms with Crippen molar-refractivity contribution < 1.29 is 22.4 Å². The largest absolute Gasteiger partial charge is 0.467 e. The van der Waals surface area contributed by atoms with Crippen molar-refractivity contribution in [3.63, 3.8) is 0 Å². The first-order valence-corrected chi connectivity index (χ1v) is 12.0. The second kappa shape index (κ2) is 8.84. The van der Waals surface area contributed by atoms with E-state index in [0.29, 0.717) is 57.4 Å². The number of furan rings is 1. The van der Waals surface area contributed by atoms with Gasteiger partial charge in [0.05, 0.1) is 17.7 Å². The molecule has 0 radical (unpaired) electrons. The van der Waals surface area contributed by atoms with Crippen LogP contribution >= 0.6 is 0 Å². The van der Waals surface area contributed by atoms with Crippen LogP contribution in [0.2, 0.25) is 0 Å². The van der Waals surface area contributed by atoms with E-state index in [-0.39, 0.29) is 22.6 Å². The van der Waals surface area contributed by atoms with Crippen molar-refractivity contribution in [3.8, 4) is 0 Å². The highest BCUT2D eigenvalue weighted by atomic mass is 32.2. The summed E-state index contributed by atoms with van der Waals surface area (Å²) in [7, 11) is -1.91. The number of piperidine rings is 1. The number of aryl methyl sites for hydroxylation is 1. The zero-order valence-electron chi connectivity index (χ0n) is 17.5. The summed E-state index contributed by atoms with van der Waals surface area (Å²) in [5, 5.41) is 2.83. The van der Waals surface area contributed by atoms with Crippen LogP contribution < -0.4 is 5.32 Å². The third-order valence-corrected chi connectivity index (χ3v) is 7.89. The van der Waals surface area contributed by atoms with Crippen LogP contribution in [-0.4, -0.2) is 49.6 Å². The number of rotatable bonds is 5. The monoisotopic (exact) mass is 445 g/mol. The molecule has 0 unspecified atom stereocenters. The van der Waals surface area contributed by atoms with Gasteiger partial charge in [-0.05, 0) is 61.6 Å². The van der Waals surface area contributed by atoms with Crippen molar-refractivity contribution in [3.05, 3.63) is 47.9 Å². The molecule has 4 rings (SSSR count). The van der Waals surface area contributed by atoms with E-state index < -0.39 is 10.0 Å². The van der Waals surface area contributed by atoms with Gasteiger partial charge in [0.1, 0.15) is 5.76 Å². The lowest BCUT2D eigenvalue weighted by molar-refractivity contribution is -0.136. The Labute approximate surface area is 182 Å². The predicted octanol–water partition coefficient (Wildman–Crippen LogP) is 2.61. The molecule has 8 nitrogen and oxygen atoms in total. The van der Waals surface area contributed by atoms with Crippen LogP contribution in [0.1, 0.15) is 37.0 Å². The van der Waals surface area contributed by atoms with Crippen LogP contribution in [0.25, 0.3) is 0 Å². The van der Waals surface area contributed by atoms with Gasteiger partial charge in [0, 0.05) is 38.2 Å². The minimum absolute atomic E-state index is 0.00854. The number of amides is 2. The van der Waals surface area contributed by atoms with Gasteiger partial charge in [-0.15, -0.1) is 0 Å². The Morgan fingerprint density at radius 3 is 2.71 bits per heavy atom. The zero-order chi connectivity index (χ0) is 22.0. The quantitative estimate of drug-likeness (QED) is 0.763. The Morgan fingerprint density at radius 2 is 2.00 bits per heavy atom. The van der Waals surface area contributed by atoms with Crippen LogP contribution in [0.15, 0.2) is 45.9 Å². The van der Waals surface area contributed by atoms with Crippen molar-refractivity contribution in [2.75, 3.05) is 25.5 Å². The van der Waals surface area contributed by atoms with E-state index in [0.717, 1.165) is 11.3 Å². The summed E-state index contributed by atoms with van der Waals surface area (Å²) >= 11 is 0. The number of anilines is 1. The molecular weight excluding hydrogens is 418 g/mol. The first-order chi connectivity index (χ1) is 14.8. The molecule has 166 valence electrons. The molecule has 31 heavy (non-hydrogen) atoms. The van der Waals surface area contributed by atoms with Gasteiger partial charge in [-0.25, -0.2) is 8.42 Å². The fourth-order valence-electron chi connectivity index (χ4n) is 4.23. The molecule has 2 amide bonds. The molecule has 1 aromatic heterocycles. The summed E-state index contributed by atoms with van der Waals surface area (Å²) < 4.78 is 33.1. The van der Waals surface area contributed by atoms with Gasteiger partial charge in [0.15, 0.2) is 0 Å². The Balaban J connectivity index is 1.40. The van der Waals surface area contributed by atoms with Crippen LogP contribution in [0.3, 0.4) is 0 Å². The Hall–Kier alpha value is -2.65. The van der Waals surface area contributed by atoms with E-state index in [1.807, 2.05) is 6.07 Å². The molecule has 2 aliphatic heterocycles. The Morgan fingerprint density at radius 1 is 1.23 bits per heavy atom. The first kappa shape index (κ1) is 21.6. The Bertz CT molecular complexity index is 1060. The third-order valence-electron chi connectivity index (χ3n) is 5.99. The summed E-state index contributed by atoms with van der Waals surface area (Å²) in [5.41, 5.74) is 1.53. The predicted molar refractivity (Wildman–Crippen MR) is 115 cm³/mol. The molecule has 1 aromatic carbocycles. The molecule has 0 bridgehead atoms. The fourth-order valence-corrected chi connectivity index (χ4v) is 5.75. The molecule has 3 heterocycles. The topological polar surface area (TPSA) is 99.9 Å². The van der Waals surface area contributed by atoms with Gasteiger partial charge >= 0.3 is 0 Å². The highest BCUT2D eigenvalue weighted by Crippen LogP contribution is 2.29. The molecule has 0 atom stereocenters. The van der Waals surface area contributed by atoms with Crippen LogP contribution in [0.4, 0.5) is 5.69 Å². The van der Waals surface area contributed by atoms with E-state index in [1.54, 1.807) is 42.5 Å². The number of carbonyl (C=O) groups excluding carboxylic acids is 2. The van der Waals surface area contributed by atoms with Gasteiger partial charge in [0.2, 0.25) is 21.8 Å². The summed E-state index contributed by atoms with van der Waals surface area (Å²) in [6.45, 7) is 1.01. The lowest BCUT2D eigenvalue weighted by atomic mass is 9.96. The van der Waals surface area contributed by atoms with E-state index in [4.69, 9.17) is 4.42 Å². The smallest absolute Gasteiger partial charge is 0.243 e. The maximum absolute atomic E-state index is 13.2. The molecule has 1 fully saturated rings. The summed E-state index contributed by atoms with van der Waals surface area (Å²) in [5.74, 6) is 0.483. The van der Waals surface area contributed by atoms with Gasteiger partial charge in [-0.3, -0.25) is 9.59 Å². The van der Waals surface area contributed by atoms with Crippen LogP contribution in [0.5, 0.6) is 0 Å². The minimum atomic E-state index is -3.65. The Kier molecular flexibility index (Phi) is 6.15. The number of benzene rings is 1. The SMILES string of the molecule is CN(Cc1ccco1)C(=O)C1CCN(S(=O)(=O)c2ccc3c(c2)CCCC(=O)N3)CC1. The van der Waals surface area contributed by atoms with Gasteiger partial charge in [-0.1, -0.05) is 0 Å². The number of fused-ring (bicyclic) bond motifs is 1. The molecule has 1 N–H and O–H groups in total. The lowest BCUT2D eigenvalue weighted by Gasteiger charge is -2.32. The number of carbonyl (C=O) groups is 2. The lowest BCUT2D eigenvalue weighted by Crippen LogP contribution is -2.43. The maximum atomic E-state index is 13.2. The molecule has 0 saturated carbocycles. The number of nitrogens with zero attached hydrogens (tertiary/aromatic N) is 2. The first-order valence-electron chi connectivity index (χ1n) is 10.5. The second-order valence-corrected chi connectivity index (χ2v) is 10.1. The second-order valence-electron chi connectivity index (χ2n) is 8.17. The maximum Gasteiger partial charge on any atom is 0.243 e. The zero-order valence-corrected chi connectivity index (χ0v) is 18.4. The summed E-state index contributed by atoms with van der Waals surface area (Å²) in [4.78, 5) is 26.3. The van der Waals surface area contributed by atoms with Crippen molar-refractivity contribution in [2.45, 2.75) is 43.5 Å². The average Bonchev–Trinajstić information content (AvgIpc) is 3.19. The van der Waals surface area contributed by atoms with E-state index in [9.17, 15) is 18.0 Å². The van der Waals surface area contributed by atoms with Crippen molar-refractivity contribution in [1.29, 1.82) is 0 Å². The standard InChI is InChI=1S/C22H27N3O5S/c1-24(15-18-5-3-13-30-18)22(27)16-9-11-25(12-10-16)31(28,29)19-7-8-20-17(14-19)4-2-6-21(26)23-20/h3,5,7-8,13-14,16H,2,4,6,9-12,15H2,1H3,(H,23,26).